The molecular formula is C17H20N2O2. The monoisotopic (exact) mass is 284 g/mol. The lowest BCUT2D eigenvalue weighted by Crippen LogP contribution is -2.38. The van der Waals surface area contributed by atoms with Gasteiger partial charge < -0.3 is 5.11 Å². The van der Waals surface area contributed by atoms with Crippen LogP contribution in [0.25, 0.3) is 10.9 Å². The van der Waals surface area contributed by atoms with E-state index in [-0.39, 0.29) is 0 Å². The zero-order valence-electron chi connectivity index (χ0n) is 12.0. The van der Waals surface area contributed by atoms with Gasteiger partial charge in [-0.2, -0.15) is 0 Å². The molecule has 0 aliphatic heterocycles. The van der Waals surface area contributed by atoms with Gasteiger partial charge in [-0.25, -0.2) is 0 Å². The van der Waals surface area contributed by atoms with E-state index in [1.54, 1.807) is 6.20 Å². The normalized spacial score (nSPS) is 17.7. The van der Waals surface area contributed by atoms with Crippen LogP contribution in [0.4, 0.5) is 0 Å². The molecule has 2 N–H and O–H groups in total. The lowest BCUT2D eigenvalue weighted by atomic mass is 9.93. The minimum atomic E-state index is -0.835. The Morgan fingerprint density at radius 1 is 1.19 bits per heavy atom. The van der Waals surface area contributed by atoms with Crippen molar-refractivity contribution in [3.05, 3.63) is 42.1 Å². The van der Waals surface area contributed by atoms with Crippen LogP contribution in [0, 0.1) is 0 Å². The van der Waals surface area contributed by atoms with Crippen molar-refractivity contribution in [3.63, 3.8) is 0 Å². The number of carbonyl (C=O) groups is 1. The summed E-state index contributed by atoms with van der Waals surface area (Å²) < 4.78 is 0. The zero-order valence-corrected chi connectivity index (χ0v) is 12.0. The van der Waals surface area contributed by atoms with E-state index in [1.807, 2.05) is 30.3 Å². The van der Waals surface area contributed by atoms with E-state index in [0.717, 1.165) is 29.3 Å². The van der Waals surface area contributed by atoms with E-state index in [4.69, 9.17) is 0 Å². The van der Waals surface area contributed by atoms with Crippen molar-refractivity contribution in [1.82, 2.24) is 10.3 Å². The Kier molecular flexibility index (Phi) is 4.15. The number of carboxylic acids is 1. The summed E-state index contributed by atoms with van der Waals surface area (Å²) in [5.74, 6) is -0.835. The molecule has 4 heteroatoms. The highest BCUT2D eigenvalue weighted by Gasteiger charge is 2.26. The smallest absolute Gasteiger partial charge is 0.325 e. The largest absolute Gasteiger partial charge is 0.480 e. The van der Waals surface area contributed by atoms with Crippen LogP contribution in [0.5, 0.6) is 0 Å². The lowest BCUT2D eigenvalue weighted by molar-refractivity contribution is -0.140. The molecule has 1 atom stereocenters. The third-order valence-corrected chi connectivity index (χ3v) is 4.23. The predicted octanol–water partition coefficient (Wildman–Crippen LogP) is 3.28. The Balaban J connectivity index is 1.93. The predicted molar refractivity (Wildman–Crippen MR) is 82.1 cm³/mol. The minimum Gasteiger partial charge on any atom is -0.480 e. The first-order valence-corrected chi connectivity index (χ1v) is 7.58. The summed E-state index contributed by atoms with van der Waals surface area (Å²) in [5, 5.41) is 13.9. The van der Waals surface area contributed by atoms with Crippen molar-refractivity contribution in [2.45, 2.75) is 44.2 Å². The van der Waals surface area contributed by atoms with Gasteiger partial charge in [0.1, 0.15) is 6.04 Å². The van der Waals surface area contributed by atoms with Gasteiger partial charge in [-0.1, -0.05) is 43.5 Å². The average Bonchev–Trinajstić information content (AvgIpc) is 2.53. The first-order chi connectivity index (χ1) is 10.3. The molecule has 1 aliphatic rings. The molecule has 0 radical (unpaired) electrons. The van der Waals surface area contributed by atoms with Crippen LogP contribution in [0.2, 0.25) is 0 Å². The summed E-state index contributed by atoms with van der Waals surface area (Å²) in [6.07, 6.45) is 7.44. The molecule has 4 nitrogen and oxygen atoms in total. The minimum absolute atomic E-state index is 0.291. The Morgan fingerprint density at radius 2 is 1.95 bits per heavy atom. The highest BCUT2D eigenvalue weighted by atomic mass is 16.4. The Hall–Kier alpha value is -1.94. The first kappa shape index (κ1) is 14.0. The highest BCUT2D eigenvalue weighted by molar-refractivity contribution is 5.87. The van der Waals surface area contributed by atoms with Crippen LogP contribution in [-0.2, 0) is 4.79 Å². The Morgan fingerprint density at radius 3 is 2.71 bits per heavy atom. The fourth-order valence-corrected chi connectivity index (χ4v) is 3.16. The Labute approximate surface area is 124 Å². The second kappa shape index (κ2) is 6.22. The summed E-state index contributed by atoms with van der Waals surface area (Å²) in [4.78, 5) is 16.1. The topological polar surface area (TPSA) is 62.2 Å². The summed E-state index contributed by atoms with van der Waals surface area (Å²) in [6, 6.07) is 9.17. The second-order valence-electron chi connectivity index (χ2n) is 5.70. The van der Waals surface area contributed by atoms with Gasteiger partial charge in [0.05, 0.1) is 5.52 Å². The van der Waals surface area contributed by atoms with Crippen molar-refractivity contribution in [2.75, 3.05) is 0 Å². The first-order valence-electron chi connectivity index (χ1n) is 7.58. The van der Waals surface area contributed by atoms with Crippen molar-refractivity contribution >= 4 is 16.9 Å². The van der Waals surface area contributed by atoms with Gasteiger partial charge in [0.15, 0.2) is 0 Å². The molecule has 0 amide bonds. The maximum absolute atomic E-state index is 11.7. The highest BCUT2D eigenvalue weighted by Crippen LogP contribution is 2.26. The summed E-state index contributed by atoms with van der Waals surface area (Å²) in [5.41, 5.74) is 1.53. The fraction of sp³-hybridized carbons (Fsp3) is 0.412. The molecule has 21 heavy (non-hydrogen) atoms. The van der Waals surface area contributed by atoms with Gasteiger partial charge in [-0.15, -0.1) is 0 Å². The number of pyridine rings is 1. The number of aliphatic carboxylic acids is 1. The zero-order chi connectivity index (χ0) is 14.7. The number of para-hydroxylation sites is 1. The quantitative estimate of drug-likeness (QED) is 0.904. The Bertz CT molecular complexity index is 630. The van der Waals surface area contributed by atoms with Crippen LogP contribution in [-0.4, -0.2) is 22.1 Å². The fourth-order valence-electron chi connectivity index (χ4n) is 3.16. The summed E-state index contributed by atoms with van der Waals surface area (Å²) in [7, 11) is 0. The number of nitrogens with one attached hydrogen (secondary N) is 1. The maximum Gasteiger partial charge on any atom is 0.325 e. The maximum atomic E-state index is 11.7. The number of carboxylic acid groups (broad SMARTS) is 1. The molecule has 1 heterocycles. The van der Waals surface area contributed by atoms with E-state index >= 15 is 0 Å². The molecule has 1 aliphatic carbocycles. The van der Waals surface area contributed by atoms with E-state index < -0.39 is 12.0 Å². The number of fused-ring (bicyclic) bond motifs is 1. The van der Waals surface area contributed by atoms with Gasteiger partial charge in [-0.3, -0.25) is 15.1 Å². The average molecular weight is 284 g/mol. The van der Waals surface area contributed by atoms with Crippen molar-refractivity contribution in [1.29, 1.82) is 0 Å². The van der Waals surface area contributed by atoms with Gasteiger partial charge in [-0.05, 0) is 18.9 Å². The lowest BCUT2D eigenvalue weighted by Gasteiger charge is -2.27. The summed E-state index contributed by atoms with van der Waals surface area (Å²) in [6.45, 7) is 0. The van der Waals surface area contributed by atoms with Gasteiger partial charge >= 0.3 is 5.97 Å². The standard InChI is InChI=1S/C17H20N2O2/c20-17(21)16(19-13-8-2-1-3-9-13)14-10-4-6-12-7-5-11-18-15(12)14/h4-7,10-11,13,16,19H,1-3,8-9H2,(H,20,21). The molecule has 3 rings (SSSR count). The van der Waals surface area contributed by atoms with Crippen molar-refractivity contribution in [2.24, 2.45) is 0 Å². The van der Waals surface area contributed by atoms with E-state index in [1.165, 1.54) is 19.3 Å². The van der Waals surface area contributed by atoms with Crippen LogP contribution < -0.4 is 5.32 Å². The molecule has 1 unspecified atom stereocenters. The number of hydrogen-bond acceptors (Lipinski definition) is 3. The number of aromatic nitrogens is 1. The van der Waals surface area contributed by atoms with E-state index in [9.17, 15) is 9.90 Å². The number of benzene rings is 1. The third-order valence-electron chi connectivity index (χ3n) is 4.23. The molecule has 0 saturated heterocycles. The summed E-state index contributed by atoms with van der Waals surface area (Å²) >= 11 is 0. The third kappa shape index (κ3) is 3.05. The SMILES string of the molecule is O=C(O)C(NC1CCCCC1)c1cccc2cccnc12. The molecule has 1 aromatic carbocycles. The van der Waals surface area contributed by atoms with Crippen molar-refractivity contribution < 1.29 is 9.90 Å². The molecule has 1 fully saturated rings. The van der Waals surface area contributed by atoms with Gasteiger partial charge in [0, 0.05) is 23.2 Å². The van der Waals surface area contributed by atoms with Gasteiger partial charge in [0.25, 0.3) is 0 Å². The molecule has 1 aromatic heterocycles. The molecule has 1 saturated carbocycles. The van der Waals surface area contributed by atoms with E-state index in [0.29, 0.717) is 6.04 Å². The second-order valence-corrected chi connectivity index (χ2v) is 5.70. The molecule has 0 spiro atoms. The molecular weight excluding hydrogens is 264 g/mol. The van der Waals surface area contributed by atoms with Crippen LogP contribution in [0.3, 0.4) is 0 Å². The van der Waals surface area contributed by atoms with E-state index in [2.05, 4.69) is 10.3 Å². The van der Waals surface area contributed by atoms with Crippen LogP contribution in [0.1, 0.15) is 43.7 Å². The number of nitrogens with zero attached hydrogens (tertiary/aromatic N) is 1. The molecule has 110 valence electrons. The van der Waals surface area contributed by atoms with Crippen LogP contribution in [0.15, 0.2) is 36.5 Å². The number of rotatable bonds is 4. The van der Waals surface area contributed by atoms with Crippen molar-refractivity contribution in [3.8, 4) is 0 Å². The molecule has 2 aromatic rings. The number of hydrogen-bond donors (Lipinski definition) is 2. The van der Waals surface area contributed by atoms with Crippen LogP contribution >= 0.6 is 0 Å². The molecule has 0 bridgehead atoms. The van der Waals surface area contributed by atoms with Gasteiger partial charge in [0.2, 0.25) is 0 Å².